The van der Waals surface area contributed by atoms with Crippen LogP contribution in [0.2, 0.25) is 0 Å². The van der Waals surface area contributed by atoms with E-state index in [-0.39, 0.29) is 6.03 Å². The molecule has 3 nitrogen and oxygen atoms in total. The van der Waals surface area contributed by atoms with Gasteiger partial charge in [-0.05, 0) is 32.1 Å². The third-order valence-electron chi connectivity index (χ3n) is 2.89. The quantitative estimate of drug-likeness (QED) is 0.770. The van der Waals surface area contributed by atoms with Gasteiger partial charge in [0.25, 0.3) is 0 Å². The largest absolute Gasteiger partial charge is 0.338 e. The molecular weight excluding hydrogens is 195 g/mol. The first-order valence-corrected chi connectivity index (χ1v) is 5.76. The number of alkyl halides is 1. The summed E-state index contributed by atoms with van der Waals surface area (Å²) in [5, 5.41) is 2.75. The predicted molar refractivity (Wildman–Crippen MR) is 58.6 cm³/mol. The number of hydrogen-bond acceptors (Lipinski definition) is 1. The maximum atomic E-state index is 12.5. The molecule has 1 saturated heterocycles. The summed E-state index contributed by atoms with van der Waals surface area (Å²) < 4.78 is 12.5. The number of rotatable bonds is 3. The lowest BCUT2D eigenvalue weighted by atomic mass is 10.00. The molecule has 0 aliphatic carbocycles. The molecule has 88 valence electrons. The van der Waals surface area contributed by atoms with Gasteiger partial charge in [-0.2, -0.15) is 0 Å². The Bertz CT molecular complexity index is 201. The molecule has 0 saturated carbocycles. The Balaban J connectivity index is 2.17. The van der Waals surface area contributed by atoms with Crippen LogP contribution in [0.1, 0.15) is 33.1 Å². The van der Waals surface area contributed by atoms with Crippen LogP contribution in [0.25, 0.3) is 0 Å². The molecule has 2 amide bonds. The Hall–Kier alpha value is -0.800. The van der Waals surface area contributed by atoms with Crippen molar-refractivity contribution in [3.8, 4) is 0 Å². The Morgan fingerprint density at radius 2 is 2.13 bits per heavy atom. The first-order chi connectivity index (χ1) is 7.09. The minimum Gasteiger partial charge on any atom is -0.338 e. The van der Waals surface area contributed by atoms with E-state index in [0.717, 1.165) is 31.8 Å². The van der Waals surface area contributed by atoms with Gasteiger partial charge in [-0.15, -0.1) is 0 Å². The predicted octanol–water partition coefficient (Wildman–Crippen LogP) is 2.18. The van der Waals surface area contributed by atoms with Gasteiger partial charge < -0.3 is 10.2 Å². The average molecular weight is 216 g/mol. The summed E-state index contributed by atoms with van der Waals surface area (Å²) in [6.07, 6.45) is 1.71. The lowest BCUT2D eigenvalue weighted by Crippen LogP contribution is -2.44. The van der Waals surface area contributed by atoms with Crippen molar-refractivity contribution in [1.29, 1.82) is 0 Å². The Labute approximate surface area is 91.0 Å². The molecule has 1 rings (SSSR count). The highest BCUT2D eigenvalue weighted by molar-refractivity contribution is 5.74. The fourth-order valence-electron chi connectivity index (χ4n) is 1.70. The molecule has 0 radical (unpaired) electrons. The van der Waals surface area contributed by atoms with Crippen molar-refractivity contribution in [2.24, 2.45) is 5.92 Å². The monoisotopic (exact) mass is 216 g/mol. The number of nitrogens with zero attached hydrogens (tertiary/aromatic N) is 1. The molecule has 15 heavy (non-hydrogen) atoms. The standard InChI is InChI=1S/C11H21FN2O/c1-9-4-7-14(8-5-9)11(15)13-6-3-10(2)12/h9-10H,3-8H2,1-2H3,(H,13,15)/t10-/m0/s1. The van der Waals surface area contributed by atoms with Crippen molar-refractivity contribution in [2.75, 3.05) is 19.6 Å². The summed E-state index contributed by atoms with van der Waals surface area (Å²) in [5.74, 6) is 0.722. The summed E-state index contributed by atoms with van der Waals surface area (Å²) in [4.78, 5) is 13.4. The molecule has 0 aromatic rings. The Morgan fingerprint density at radius 1 is 1.53 bits per heavy atom. The number of urea groups is 1. The summed E-state index contributed by atoms with van der Waals surface area (Å²) >= 11 is 0. The number of halogens is 1. The van der Waals surface area contributed by atoms with E-state index >= 15 is 0 Å². The summed E-state index contributed by atoms with van der Waals surface area (Å²) in [6.45, 7) is 5.81. The van der Waals surface area contributed by atoms with Gasteiger partial charge in [0.1, 0.15) is 0 Å². The van der Waals surface area contributed by atoms with Crippen molar-refractivity contribution < 1.29 is 9.18 Å². The van der Waals surface area contributed by atoms with Crippen LogP contribution in [0.4, 0.5) is 9.18 Å². The number of nitrogens with one attached hydrogen (secondary N) is 1. The van der Waals surface area contributed by atoms with Gasteiger partial charge in [-0.25, -0.2) is 9.18 Å². The van der Waals surface area contributed by atoms with Crippen LogP contribution in [-0.2, 0) is 0 Å². The molecule has 1 heterocycles. The fraction of sp³-hybridized carbons (Fsp3) is 0.909. The summed E-state index contributed by atoms with van der Waals surface area (Å²) in [5.41, 5.74) is 0. The number of hydrogen-bond donors (Lipinski definition) is 1. The second-order valence-electron chi connectivity index (χ2n) is 4.47. The van der Waals surface area contributed by atoms with E-state index in [1.165, 1.54) is 6.92 Å². The first-order valence-electron chi connectivity index (χ1n) is 5.76. The van der Waals surface area contributed by atoms with Crippen LogP contribution >= 0.6 is 0 Å². The molecule has 4 heteroatoms. The number of piperidine rings is 1. The minimum absolute atomic E-state index is 0.0393. The van der Waals surface area contributed by atoms with Gasteiger partial charge in [-0.1, -0.05) is 6.92 Å². The van der Waals surface area contributed by atoms with Crippen LogP contribution in [-0.4, -0.2) is 36.7 Å². The van der Waals surface area contributed by atoms with Gasteiger partial charge in [-0.3, -0.25) is 0 Å². The molecular formula is C11H21FN2O. The van der Waals surface area contributed by atoms with Crippen molar-refractivity contribution >= 4 is 6.03 Å². The third-order valence-corrected chi connectivity index (χ3v) is 2.89. The first kappa shape index (κ1) is 12.3. The molecule has 1 fully saturated rings. The summed E-state index contributed by atoms with van der Waals surface area (Å²) in [6, 6.07) is -0.0393. The maximum absolute atomic E-state index is 12.5. The van der Waals surface area contributed by atoms with Gasteiger partial charge >= 0.3 is 6.03 Å². The smallest absolute Gasteiger partial charge is 0.317 e. The lowest BCUT2D eigenvalue weighted by Gasteiger charge is -2.30. The van der Waals surface area contributed by atoms with Crippen molar-refractivity contribution in [1.82, 2.24) is 10.2 Å². The van der Waals surface area contributed by atoms with Crippen molar-refractivity contribution in [3.05, 3.63) is 0 Å². The van der Waals surface area contributed by atoms with E-state index in [0.29, 0.717) is 13.0 Å². The van der Waals surface area contributed by atoms with Gasteiger partial charge in [0, 0.05) is 19.6 Å². The second kappa shape index (κ2) is 5.93. The molecule has 1 aliphatic rings. The molecule has 1 N–H and O–H groups in total. The maximum Gasteiger partial charge on any atom is 0.317 e. The number of amides is 2. The molecule has 1 aliphatic heterocycles. The number of carbonyl (C=O) groups is 1. The highest BCUT2D eigenvalue weighted by Gasteiger charge is 2.19. The lowest BCUT2D eigenvalue weighted by molar-refractivity contribution is 0.173. The molecule has 0 aromatic carbocycles. The van der Waals surface area contributed by atoms with Crippen molar-refractivity contribution in [2.45, 2.75) is 39.3 Å². The van der Waals surface area contributed by atoms with Crippen LogP contribution in [0, 0.1) is 5.92 Å². The van der Waals surface area contributed by atoms with Crippen LogP contribution in [0.3, 0.4) is 0 Å². The molecule has 0 aromatic heterocycles. The van der Waals surface area contributed by atoms with E-state index in [1.54, 1.807) is 0 Å². The van der Waals surface area contributed by atoms with Crippen molar-refractivity contribution in [3.63, 3.8) is 0 Å². The minimum atomic E-state index is -0.841. The van der Waals surface area contributed by atoms with E-state index < -0.39 is 6.17 Å². The zero-order valence-corrected chi connectivity index (χ0v) is 9.63. The zero-order chi connectivity index (χ0) is 11.3. The van der Waals surface area contributed by atoms with Crippen LogP contribution in [0.5, 0.6) is 0 Å². The SMILES string of the molecule is CC1CCN(C(=O)NCC[C@H](C)F)CC1. The summed E-state index contributed by atoms with van der Waals surface area (Å²) in [7, 11) is 0. The van der Waals surface area contributed by atoms with Crippen LogP contribution in [0.15, 0.2) is 0 Å². The third kappa shape index (κ3) is 4.49. The van der Waals surface area contributed by atoms with E-state index in [4.69, 9.17) is 0 Å². The molecule has 0 spiro atoms. The van der Waals surface area contributed by atoms with E-state index in [9.17, 15) is 9.18 Å². The second-order valence-corrected chi connectivity index (χ2v) is 4.47. The van der Waals surface area contributed by atoms with Gasteiger partial charge in [0.2, 0.25) is 0 Å². The van der Waals surface area contributed by atoms with Gasteiger partial charge in [0.05, 0.1) is 6.17 Å². The number of carbonyl (C=O) groups excluding carboxylic acids is 1. The van der Waals surface area contributed by atoms with Gasteiger partial charge in [0.15, 0.2) is 0 Å². The van der Waals surface area contributed by atoms with E-state index in [1.807, 2.05) is 4.90 Å². The fourth-order valence-corrected chi connectivity index (χ4v) is 1.70. The topological polar surface area (TPSA) is 32.3 Å². The number of likely N-dealkylation sites (tertiary alicyclic amines) is 1. The highest BCUT2D eigenvalue weighted by Crippen LogP contribution is 2.15. The molecule has 0 bridgehead atoms. The normalized spacial score (nSPS) is 20.1. The highest BCUT2D eigenvalue weighted by atomic mass is 19.1. The Kier molecular flexibility index (Phi) is 4.85. The zero-order valence-electron chi connectivity index (χ0n) is 9.63. The Morgan fingerprint density at radius 3 is 2.67 bits per heavy atom. The van der Waals surface area contributed by atoms with Crippen LogP contribution < -0.4 is 5.32 Å². The average Bonchev–Trinajstić information content (AvgIpc) is 2.18. The molecule has 0 unspecified atom stereocenters. The molecule has 1 atom stereocenters. The van der Waals surface area contributed by atoms with E-state index in [2.05, 4.69) is 12.2 Å².